The summed E-state index contributed by atoms with van der Waals surface area (Å²) in [5.41, 5.74) is -0.153. The summed E-state index contributed by atoms with van der Waals surface area (Å²) in [5.74, 6) is 0.721. The van der Waals surface area contributed by atoms with E-state index in [1.807, 2.05) is 6.92 Å². The van der Waals surface area contributed by atoms with Gasteiger partial charge in [0.1, 0.15) is 0 Å². The topological polar surface area (TPSA) is 49.3 Å². The van der Waals surface area contributed by atoms with Crippen LogP contribution in [0.25, 0.3) is 0 Å². The van der Waals surface area contributed by atoms with Crippen LogP contribution in [0.1, 0.15) is 65.7 Å². The van der Waals surface area contributed by atoms with Crippen molar-refractivity contribution in [1.29, 1.82) is 0 Å². The zero-order valence-corrected chi connectivity index (χ0v) is 12.2. The van der Waals surface area contributed by atoms with Crippen molar-refractivity contribution in [3.63, 3.8) is 0 Å². The Morgan fingerprint density at radius 2 is 1.94 bits per heavy atom. The summed E-state index contributed by atoms with van der Waals surface area (Å²) in [6.45, 7) is 6.81. The molecular weight excluding hydrogens is 226 g/mol. The quantitative estimate of drug-likeness (QED) is 0.735. The molecule has 0 spiro atoms. The Hall–Kier alpha value is -0.570. The second kappa shape index (κ2) is 7.13. The van der Waals surface area contributed by atoms with Crippen molar-refractivity contribution in [2.24, 2.45) is 11.3 Å². The third-order valence-corrected chi connectivity index (χ3v) is 3.96. The molecule has 18 heavy (non-hydrogen) atoms. The maximum absolute atomic E-state index is 12.4. The first-order chi connectivity index (χ1) is 8.50. The minimum absolute atomic E-state index is 0.153. The van der Waals surface area contributed by atoms with Gasteiger partial charge < -0.3 is 10.4 Å². The predicted molar refractivity (Wildman–Crippen MR) is 74.3 cm³/mol. The lowest BCUT2D eigenvalue weighted by molar-refractivity contribution is -0.132. The largest absolute Gasteiger partial charge is 0.391 e. The summed E-state index contributed by atoms with van der Waals surface area (Å²) >= 11 is 0. The summed E-state index contributed by atoms with van der Waals surface area (Å²) in [5, 5.41) is 12.7. The fourth-order valence-electron chi connectivity index (χ4n) is 3.19. The fourth-order valence-corrected chi connectivity index (χ4v) is 3.19. The van der Waals surface area contributed by atoms with Gasteiger partial charge in [0.05, 0.1) is 6.10 Å². The van der Waals surface area contributed by atoms with Gasteiger partial charge in [0, 0.05) is 12.0 Å². The number of hydrogen-bond acceptors (Lipinski definition) is 2. The fraction of sp³-hybridized carbons (Fsp3) is 0.933. The van der Waals surface area contributed by atoms with E-state index in [0.29, 0.717) is 12.5 Å². The molecule has 1 aliphatic rings. The van der Waals surface area contributed by atoms with Gasteiger partial charge >= 0.3 is 0 Å². The number of nitrogens with one attached hydrogen (secondary N) is 1. The zero-order valence-electron chi connectivity index (χ0n) is 12.2. The molecule has 1 aliphatic carbocycles. The average molecular weight is 255 g/mol. The van der Waals surface area contributed by atoms with Crippen LogP contribution < -0.4 is 5.32 Å². The Balaban J connectivity index is 2.50. The van der Waals surface area contributed by atoms with Crippen LogP contribution in [0.4, 0.5) is 0 Å². The SMILES string of the molecule is CCCC(O)CNC(=O)C1(CC(C)C)CCCC1. The third kappa shape index (κ3) is 4.27. The highest BCUT2D eigenvalue weighted by Crippen LogP contribution is 2.43. The molecule has 0 radical (unpaired) electrons. The first-order valence-electron chi connectivity index (χ1n) is 7.46. The standard InChI is InChI=1S/C15H29NO2/c1-4-7-13(17)11-16-14(18)15(10-12(2)3)8-5-6-9-15/h12-13,17H,4-11H2,1-3H3,(H,16,18). The molecule has 3 nitrogen and oxygen atoms in total. The molecule has 106 valence electrons. The molecule has 1 rings (SSSR count). The van der Waals surface area contributed by atoms with Gasteiger partial charge in [0.2, 0.25) is 5.91 Å². The van der Waals surface area contributed by atoms with Gasteiger partial charge in [-0.25, -0.2) is 0 Å². The second-order valence-corrected chi connectivity index (χ2v) is 6.24. The van der Waals surface area contributed by atoms with Crippen molar-refractivity contribution >= 4 is 5.91 Å². The van der Waals surface area contributed by atoms with E-state index in [0.717, 1.165) is 44.9 Å². The Bertz CT molecular complexity index is 257. The molecule has 1 saturated carbocycles. The van der Waals surface area contributed by atoms with E-state index < -0.39 is 6.10 Å². The predicted octanol–water partition coefficient (Wildman–Crippen LogP) is 2.87. The van der Waals surface area contributed by atoms with Crippen LogP contribution in [0.5, 0.6) is 0 Å². The number of rotatable bonds is 7. The summed E-state index contributed by atoms with van der Waals surface area (Å²) in [4.78, 5) is 12.4. The van der Waals surface area contributed by atoms with Crippen molar-refractivity contribution in [1.82, 2.24) is 5.32 Å². The van der Waals surface area contributed by atoms with E-state index in [4.69, 9.17) is 0 Å². The summed E-state index contributed by atoms with van der Waals surface area (Å²) in [7, 11) is 0. The van der Waals surface area contributed by atoms with E-state index in [1.54, 1.807) is 0 Å². The van der Waals surface area contributed by atoms with Gasteiger partial charge in [0.15, 0.2) is 0 Å². The monoisotopic (exact) mass is 255 g/mol. The number of carbonyl (C=O) groups is 1. The minimum Gasteiger partial charge on any atom is -0.391 e. The molecular formula is C15H29NO2. The lowest BCUT2D eigenvalue weighted by Gasteiger charge is -2.30. The molecule has 1 amide bonds. The van der Waals surface area contributed by atoms with Gasteiger partial charge in [-0.3, -0.25) is 4.79 Å². The molecule has 1 fully saturated rings. The van der Waals surface area contributed by atoms with E-state index in [1.165, 1.54) is 0 Å². The lowest BCUT2D eigenvalue weighted by atomic mass is 9.77. The van der Waals surface area contributed by atoms with Crippen molar-refractivity contribution in [2.75, 3.05) is 6.54 Å². The third-order valence-electron chi connectivity index (χ3n) is 3.96. The van der Waals surface area contributed by atoms with Crippen LogP contribution >= 0.6 is 0 Å². The number of carbonyl (C=O) groups excluding carboxylic acids is 1. The van der Waals surface area contributed by atoms with Gasteiger partial charge in [-0.2, -0.15) is 0 Å². The van der Waals surface area contributed by atoms with Crippen molar-refractivity contribution in [2.45, 2.75) is 71.8 Å². The minimum atomic E-state index is -0.392. The maximum Gasteiger partial charge on any atom is 0.226 e. The van der Waals surface area contributed by atoms with E-state index in [-0.39, 0.29) is 11.3 Å². The smallest absolute Gasteiger partial charge is 0.226 e. The highest BCUT2D eigenvalue weighted by Gasteiger charge is 2.41. The number of aliphatic hydroxyl groups excluding tert-OH is 1. The molecule has 0 heterocycles. The molecule has 0 saturated heterocycles. The summed E-state index contributed by atoms with van der Waals surface area (Å²) < 4.78 is 0. The van der Waals surface area contributed by atoms with Crippen molar-refractivity contribution < 1.29 is 9.90 Å². The normalized spacial score (nSPS) is 20.1. The van der Waals surface area contributed by atoms with Crippen LogP contribution in [0.3, 0.4) is 0 Å². The van der Waals surface area contributed by atoms with Gasteiger partial charge in [0.25, 0.3) is 0 Å². The average Bonchev–Trinajstić information content (AvgIpc) is 2.75. The second-order valence-electron chi connectivity index (χ2n) is 6.24. The molecule has 1 atom stereocenters. The number of aliphatic hydroxyl groups is 1. The molecule has 0 aromatic heterocycles. The van der Waals surface area contributed by atoms with Crippen molar-refractivity contribution in [3.05, 3.63) is 0 Å². The van der Waals surface area contributed by atoms with Gasteiger partial charge in [-0.15, -0.1) is 0 Å². The molecule has 0 bridgehead atoms. The molecule has 0 aromatic rings. The Morgan fingerprint density at radius 3 is 2.44 bits per heavy atom. The van der Waals surface area contributed by atoms with Crippen LogP contribution in [0.2, 0.25) is 0 Å². The molecule has 1 unspecified atom stereocenters. The zero-order chi connectivity index (χ0) is 13.6. The van der Waals surface area contributed by atoms with Crippen LogP contribution in [0.15, 0.2) is 0 Å². The van der Waals surface area contributed by atoms with Gasteiger partial charge in [-0.1, -0.05) is 40.0 Å². The Morgan fingerprint density at radius 1 is 1.33 bits per heavy atom. The van der Waals surface area contributed by atoms with Crippen molar-refractivity contribution in [3.8, 4) is 0 Å². The summed E-state index contributed by atoms with van der Waals surface area (Å²) in [6, 6.07) is 0. The van der Waals surface area contributed by atoms with Crippen LogP contribution in [0, 0.1) is 11.3 Å². The highest BCUT2D eigenvalue weighted by atomic mass is 16.3. The Labute approximate surface area is 111 Å². The highest BCUT2D eigenvalue weighted by molar-refractivity contribution is 5.82. The van der Waals surface area contributed by atoms with E-state index in [2.05, 4.69) is 19.2 Å². The lowest BCUT2D eigenvalue weighted by Crippen LogP contribution is -2.43. The number of amides is 1. The van der Waals surface area contributed by atoms with Crippen LogP contribution in [-0.2, 0) is 4.79 Å². The maximum atomic E-state index is 12.4. The van der Waals surface area contributed by atoms with E-state index in [9.17, 15) is 9.90 Å². The number of hydrogen-bond donors (Lipinski definition) is 2. The van der Waals surface area contributed by atoms with Gasteiger partial charge in [-0.05, 0) is 31.6 Å². The first-order valence-corrected chi connectivity index (χ1v) is 7.46. The molecule has 2 N–H and O–H groups in total. The first kappa shape index (κ1) is 15.5. The molecule has 0 aliphatic heterocycles. The van der Waals surface area contributed by atoms with E-state index >= 15 is 0 Å². The molecule has 3 heteroatoms. The summed E-state index contributed by atoms with van der Waals surface area (Å²) in [6.07, 6.45) is 6.65. The van der Waals surface area contributed by atoms with Crippen LogP contribution in [-0.4, -0.2) is 23.7 Å². The Kier molecular flexibility index (Phi) is 6.13. The molecule has 0 aromatic carbocycles.